The topological polar surface area (TPSA) is 105 Å². The van der Waals surface area contributed by atoms with Gasteiger partial charge in [0.15, 0.2) is 5.75 Å². The molecule has 1 amide bonds. The number of aromatic nitrogens is 3. The lowest BCUT2D eigenvalue weighted by molar-refractivity contribution is -0.111. The summed E-state index contributed by atoms with van der Waals surface area (Å²) in [6.07, 6.45) is 4.33. The Kier molecular flexibility index (Phi) is 8.93. The largest absolute Gasteiger partial charge is 0.433 e. The number of rotatable bonds is 11. The van der Waals surface area contributed by atoms with Crippen LogP contribution in [0.3, 0.4) is 0 Å². The zero-order chi connectivity index (χ0) is 29.7. The van der Waals surface area contributed by atoms with E-state index in [1.165, 1.54) is 29.8 Å². The van der Waals surface area contributed by atoms with Crippen molar-refractivity contribution in [3.63, 3.8) is 0 Å². The molecule has 4 aromatic rings. The molecule has 2 N–H and O–H groups in total. The molecule has 12 heteroatoms. The first kappa shape index (κ1) is 29.2. The number of carbonyl (C=O) groups is 2. The first-order valence-corrected chi connectivity index (χ1v) is 12.7. The summed E-state index contributed by atoms with van der Waals surface area (Å²) in [6.45, 7) is 3.09. The predicted octanol–water partition coefficient (Wildman–Crippen LogP) is 5.23. The summed E-state index contributed by atoms with van der Waals surface area (Å²) in [5.74, 6) is -0.694. The number of nitrogens with one attached hydrogen (secondary N) is 2. The molecule has 0 aliphatic carbocycles. The smallest absolute Gasteiger partial charge is 0.387 e. The second kappa shape index (κ2) is 12.6. The Morgan fingerprint density at radius 1 is 1.12 bits per heavy atom. The number of benzene rings is 2. The van der Waals surface area contributed by atoms with E-state index in [9.17, 15) is 18.4 Å². The van der Waals surface area contributed by atoms with Gasteiger partial charge < -0.3 is 25.2 Å². The summed E-state index contributed by atoms with van der Waals surface area (Å²) >= 11 is 0. The molecule has 2 heterocycles. The molecule has 214 valence electrons. The lowest BCUT2D eigenvalue weighted by Crippen LogP contribution is -2.29. The molecule has 10 nitrogen and oxygen atoms in total. The van der Waals surface area contributed by atoms with Gasteiger partial charge in [-0.05, 0) is 38.4 Å². The highest BCUT2D eigenvalue weighted by molar-refractivity contribution is 6.02. The van der Waals surface area contributed by atoms with Crippen LogP contribution < -0.4 is 20.3 Å². The van der Waals surface area contributed by atoms with E-state index >= 15 is 0 Å². The Morgan fingerprint density at radius 2 is 1.88 bits per heavy atom. The number of amides is 1. The van der Waals surface area contributed by atoms with Gasteiger partial charge in [-0.25, -0.2) is 9.97 Å². The SMILES string of the molecule is C=CC(=O)Nc1cc(Nc2nccc(-c3cn(C(C)=O)c4ccccc34)n2)c(OC(F)F)cc1N(C)CCN(C)C. The maximum atomic E-state index is 13.5. The van der Waals surface area contributed by atoms with Crippen LogP contribution in [0, 0.1) is 0 Å². The van der Waals surface area contributed by atoms with E-state index < -0.39 is 12.5 Å². The van der Waals surface area contributed by atoms with Gasteiger partial charge in [0.2, 0.25) is 17.8 Å². The van der Waals surface area contributed by atoms with E-state index in [2.05, 4.69) is 27.2 Å². The van der Waals surface area contributed by atoms with E-state index in [1.807, 2.05) is 48.2 Å². The van der Waals surface area contributed by atoms with Gasteiger partial charge in [-0.2, -0.15) is 8.78 Å². The van der Waals surface area contributed by atoms with Gasteiger partial charge in [-0.15, -0.1) is 0 Å². The van der Waals surface area contributed by atoms with Crippen molar-refractivity contribution in [1.29, 1.82) is 0 Å². The Labute approximate surface area is 236 Å². The fourth-order valence-electron chi connectivity index (χ4n) is 4.26. The molecular formula is C29H31F2N7O3. The Bertz CT molecular complexity index is 1590. The van der Waals surface area contributed by atoms with E-state index in [1.54, 1.807) is 19.3 Å². The van der Waals surface area contributed by atoms with E-state index in [0.29, 0.717) is 35.7 Å². The number of hydrogen-bond donors (Lipinski definition) is 2. The number of hydrogen-bond acceptors (Lipinski definition) is 8. The minimum Gasteiger partial charge on any atom is -0.433 e. The molecule has 0 saturated carbocycles. The summed E-state index contributed by atoms with van der Waals surface area (Å²) in [5.41, 5.74) is 2.86. The second-order valence-electron chi connectivity index (χ2n) is 9.50. The fraction of sp³-hybridized carbons (Fsp3) is 0.241. The molecule has 4 rings (SSSR count). The molecule has 2 aromatic heterocycles. The summed E-state index contributed by atoms with van der Waals surface area (Å²) < 4.78 is 33.4. The Balaban J connectivity index is 1.77. The molecule has 2 aromatic carbocycles. The van der Waals surface area contributed by atoms with Crippen molar-refractivity contribution in [1.82, 2.24) is 19.4 Å². The van der Waals surface area contributed by atoms with Gasteiger partial charge in [0.25, 0.3) is 0 Å². The standard InChI is InChI=1S/C29H31F2N7O3/c1-6-27(40)33-22-15-23(26(41-28(30)31)16-25(22)37(5)14-13-36(3)4)35-29-32-12-11-21(34-29)20-17-38(18(2)39)24-10-8-7-9-19(20)24/h6-12,15-17,28H,1,13-14H2,2-5H3,(H,33,40)(H,32,34,35). The minimum absolute atomic E-state index is 0.0935. The number of ether oxygens (including phenoxy) is 1. The van der Waals surface area contributed by atoms with Crippen LogP contribution in [0.4, 0.5) is 31.8 Å². The van der Waals surface area contributed by atoms with Crippen molar-refractivity contribution in [2.24, 2.45) is 0 Å². The average molecular weight is 564 g/mol. The van der Waals surface area contributed by atoms with Gasteiger partial charge in [-0.1, -0.05) is 24.8 Å². The molecule has 0 bridgehead atoms. The zero-order valence-electron chi connectivity index (χ0n) is 23.2. The molecule has 0 aliphatic heterocycles. The quantitative estimate of drug-likeness (QED) is 0.239. The van der Waals surface area contributed by atoms with Gasteiger partial charge >= 0.3 is 6.61 Å². The summed E-state index contributed by atoms with van der Waals surface area (Å²) in [7, 11) is 5.61. The average Bonchev–Trinajstić information content (AvgIpc) is 3.33. The van der Waals surface area contributed by atoms with Gasteiger partial charge in [0, 0.05) is 56.5 Å². The van der Waals surface area contributed by atoms with Crippen LogP contribution in [0.1, 0.15) is 11.7 Å². The molecule has 0 spiro atoms. The number of anilines is 4. The normalized spacial score (nSPS) is 11.1. The minimum atomic E-state index is -3.10. The van der Waals surface area contributed by atoms with Crippen LogP contribution >= 0.6 is 0 Å². The molecule has 0 unspecified atom stereocenters. The maximum absolute atomic E-state index is 13.5. The van der Waals surface area contributed by atoms with Crippen LogP contribution in [0.15, 0.2) is 67.5 Å². The molecule has 0 radical (unpaired) electrons. The number of likely N-dealkylation sites (N-methyl/N-ethyl adjacent to an activating group) is 2. The molecule has 0 aliphatic rings. The van der Waals surface area contributed by atoms with Crippen molar-refractivity contribution in [2.75, 3.05) is 49.8 Å². The third kappa shape index (κ3) is 6.84. The van der Waals surface area contributed by atoms with Crippen LogP contribution in [-0.2, 0) is 4.79 Å². The zero-order valence-corrected chi connectivity index (χ0v) is 23.2. The van der Waals surface area contributed by atoms with Crippen molar-refractivity contribution in [2.45, 2.75) is 13.5 Å². The maximum Gasteiger partial charge on any atom is 0.387 e. The predicted molar refractivity (Wildman–Crippen MR) is 156 cm³/mol. The number of halogens is 2. The fourth-order valence-corrected chi connectivity index (χ4v) is 4.26. The number of nitrogens with zero attached hydrogens (tertiary/aromatic N) is 5. The van der Waals surface area contributed by atoms with Crippen LogP contribution in [0.25, 0.3) is 22.2 Å². The Morgan fingerprint density at radius 3 is 2.56 bits per heavy atom. The number of para-hydroxylation sites is 1. The first-order chi connectivity index (χ1) is 19.6. The number of fused-ring (bicyclic) bond motifs is 1. The van der Waals surface area contributed by atoms with Crippen molar-refractivity contribution in [3.8, 4) is 17.0 Å². The third-order valence-electron chi connectivity index (χ3n) is 6.28. The summed E-state index contributed by atoms with van der Waals surface area (Å²) in [5, 5.41) is 6.50. The molecular weight excluding hydrogens is 532 g/mol. The van der Waals surface area contributed by atoms with Crippen LogP contribution in [0.5, 0.6) is 5.75 Å². The highest BCUT2D eigenvalue weighted by Crippen LogP contribution is 2.39. The lowest BCUT2D eigenvalue weighted by Gasteiger charge is -2.26. The van der Waals surface area contributed by atoms with E-state index in [-0.39, 0.29) is 23.3 Å². The summed E-state index contributed by atoms with van der Waals surface area (Å²) in [6, 6.07) is 12.0. The molecule has 0 atom stereocenters. The summed E-state index contributed by atoms with van der Waals surface area (Å²) in [4.78, 5) is 37.1. The highest BCUT2D eigenvalue weighted by Gasteiger charge is 2.20. The highest BCUT2D eigenvalue weighted by atomic mass is 19.3. The monoisotopic (exact) mass is 563 g/mol. The van der Waals surface area contributed by atoms with E-state index in [4.69, 9.17) is 4.74 Å². The van der Waals surface area contributed by atoms with E-state index in [0.717, 1.165) is 17.0 Å². The van der Waals surface area contributed by atoms with Crippen LogP contribution in [0.2, 0.25) is 0 Å². The van der Waals surface area contributed by atoms with Gasteiger partial charge in [-0.3, -0.25) is 14.2 Å². The number of alkyl halides is 2. The lowest BCUT2D eigenvalue weighted by atomic mass is 10.1. The van der Waals surface area contributed by atoms with Crippen molar-refractivity contribution >= 4 is 45.7 Å². The van der Waals surface area contributed by atoms with Crippen molar-refractivity contribution < 1.29 is 23.1 Å². The van der Waals surface area contributed by atoms with Gasteiger partial charge in [0.05, 0.1) is 28.3 Å². The second-order valence-corrected chi connectivity index (χ2v) is 9.50. The molecule has 0 fully saturated rings. The first-order valence-electron chi connectivity index (χ1n) is 12.7. The third-order valence-corrected chi connectivity index (χ3v) is 6.28. The van der Waals surface area contributed by atoms with Gasteiger partial charge in [0.1, 0.15) is 0 Å². The van der Waals surface area contributed by atoms with Crippen molar-refractivity contribution in [3.05, 3.63) is 67.5 Å². The molecule has 41 heavy (non-hydrogen) atoms. The van der Waals surface area contributed by atoms with Crippen LogP contribution in [-0.4, -0.2) is 72.1 Å². The number of carbonyl (C=O) groups excluding carboxylic acids is 2. The Hall–Kier alpha value is -4.84. The molecule has 0 saturated heterocycles.